The lowest BCUT2D eigenvalue weighted by Crippen LogP contribution is -2.35. The molecule has 0 aromatic heterocycles. The molecule has 7 nitrogen and oxygen atoms in total. The third-order valence-corrected chi connectivity index (χ3v) is 7.80. The summed E-state index contributed by atoms with van der Waals surface area (Å²) in [5.74, 6) is 0. The summed E-state index contributed by atoms with van der Waals surface area (Å²) < 4.78 is 54.6. The van der Waals surface area contributed by atoms with Crippen molar-refractivity contribution in [3.05, 3.63) is 23.8 Å². The quantitative estimate of drug-likeness (QED) is 0.615. The molecule has 0 spiro atoms. The minimum absolute atomic E-state index is 0. The van der Waals surface area contributed by atoms with Gasteiger partial charge in [0.2, 0.25) is 20.0 Å². The molecule has 1 saturated heterocycles. The van der Waals surface area contributed by atoms with Crippen molar-refractivity contribution in [2.24, 2.45) is 0 Å². The standard InChI is InChI=1S/C16H27N3O4S2.ClH/c1-14-7-8-15(25(22,23)19-11-4-3-5-12-19)13-16(14)24(20,21)18-10-6-9-17-2;/h7-8,13,17-18H,3-6,9-12H2,1-2H3;1H. The van der Waals surface area contributed by atoms with E-state index in [-0.39, 0.29) is 22.2 Å². The molecule has 1 fully saturated rings. The van der Waals surface area contributed by atoms with Crippen LogP contribution in [0.5, 0.6) is 0 Å². The Hall–Kier alpha value is -0.710. The van der Waals surface area contributed by atoms with E-state index in [9.17, 15) is 16.8 Å². The molecule has 1 aliphatic heterocycles. The maximum absolute atomic E-state index is 12.8. The fourth-order valence-corrected chi connectivity index (χ4v) is 5.80. The van der Waals surface area contributed by atoms with Crippen LogP contribution >= 0.6 is 12.4 Å². The normalized spacial score (nSPS) is 16.2. The van der Waals surface area contributed by atoms with E-state index in [4.69, 9.17) is 0 Å². The van der Waals surface area contributed by atoms with Gasteiger partial charge in [-0.15, -0.1) is 12.4 Å². The number of hydrogen-bond acceptors (Lipinski definition) is 5. The van der Waals surface area contributed by atoms with Gasteiger partial charge in [-0.05, 0) is 57.5 Å². The van der Waals surface area contributed by atoms with Crippen LogP contribution in [0.2, 0.25) is 0 Å². The molecule has 26 heavy (non-hydrogen) atoms. The summed E-state index contributed by atoms with van der Waals surface area (Å²) in [4.78, 5) is 0.0608. The Labute approximate surface area is 163 Å². The molecule has 1 aromatic rings. The van der Waals surface area contributed by atoms with Crippen LogP contribution in [0.25, 0.3) is 0 Å². The minimum Gasteiger partial charge on any atom is -0.320 e. The molecule has 0 radical (unpaired) electrons. The molecule has 0 aliphatic carbocycles. The van der Waals surface area contributed by atoms with Crippen LogP contribution in [0.1, 0.15) is 31.2 Å². The highest BCUT2D eigenvalue weighted by molar-refractivity contribution is 7.90. The highest BCUT2D eigenvalue weighted by atomic mass is 35.5. The average Bonchev–Trinajstić information content (AvgIpc) is 2.59. The van der Waals surface area contributed by atoms with E-state index in [1.54, 1.807) is 20.0 Å². The predicted molar refractivity (Wildman–Crippen MR) is 105 cm³/mol. The molecule has 0 amide bonds. The molecule has 0 bridgehead atoms. The summed E-state index contributed by atoms with van der Waals surface area (Å²) in [5.41, 5.74) is 0.527. The Morgan fingerprint density at radius 3 is 2.31 bits per heavy atom. The second-order valence-electron chi connectivity index (χ2n) is 6.25. The van der Waals surface area contributed by atoms with Crippen molar-refractivity contribution in [1.29, 1.82) is 0 Å². The van der Waals surface area contributed by atoms with Gasteiger partial charge in [0, 0.05) is 19.6 Å². The molecule has 1 heterocycles. The summed E-state index contributed by atoms with van der Waals surface area (Å²) in [7, 11) is -5.61. The molecule has 10 heteroatoms. The largest absolute Gasteiger partial charge is 0.320 e. The minimum atomic E-state index is -3.75. The van der Waals surface area contributed by atoms with Gasteiger partial charge in [-0.25, -0.2) is 21.6 Å². The number of hydrogen-bond donors (Lipinski definition) is 2. The topological polar surface area (TPSA) is 95.6 Å². The van der Waals surface area contributed by atoms with E-state index in [0.29, 0.717) is 38.2 Å². The first-order chi connectivity index (χ1) is 11.8. The SMILES string of the molecule is CNCCCNS(=O)(=O)c1cc(S(=O)(=O)N2CCCCC2)ccc1C.Cl. The number of sulfonamides is 2. The maximum atomic E-state index is 12.8. The molecule has 0 atom stereocenters. The number of benzene rings is 1. The second-order valence-corrected chi connectivity index (χ2v) is 9.92. The first-order valence-corrected chi connectivity index (χ1v) is 11.5. The Balaban J connectivity index is 0.00000338. The first-order valence-electron chi connectivity index (χ1n) is 8.54. The molecule has 1 aromatic carbocycles. The maximum Gasteiger partial charge on any atom is 0.243 e. The zero-order valence-corrected chi connectivity index (χ0v) is 17.6. The number of piperidine rings is 1. The molecule has 2 rings (SSSR count). The predicted octanol–water partition coefficient (Wildman–Crippen LogP) is 1.48. The summed E-state index contributed by atoms with van der Waals surface area (Å²) >= 11 is 0. The van der Waals surface area contributed by atoms with Crippen molar-refractivity contribution in [1.82, 2.24) is 14.3 Å². The third-order valence-electron chi connectivity index (χ3n) is 4.30. The smallest absolute Gasteiger partial charge is 0.243 e. The van der Waals surface area contributed by atoms with E-state index in [1.165, 1.54) is 16.4 Å². The summed E-state index contributed by atoms with van der Waals surface area (Å²) in [5, 5.41) is 2.95. The van der Waals surface area contributed by atoms with E-state index < -0.39 is 20.0 Å². The van der Waals surface area contributed by atoms with Gasteiger partial charge in [-0.3, -0.25) is 0 Å². The van der Waals surface area contributed by atoms with Gasteiger partial charge in [0.1, 0.15) is 0 Å². The Bertz CT molecular complexity index is 792. The van der Waals surface area contributed by atoms with Crippen LogP contribution in [0.3, 0.4) is 0 Å². The van der Waals surface area contributed by atoms with Gasteiger partial charge in [-0.2, -0.15) is 4.31 Å². The molecule has 0 unspecified atom stereocenters. The lowest BCUT2D eigenvalue weighted by atomic mass is 10.2. The number of rotatable bonds is 8. The van der Waals surface area contributed by atoms with E-state index in [2.05, 4.69) is 10.0 Å². The van der Waals surface area contributed by atoms with E-state index >= 15 is 0 Å². The van der Waals surface area contributed by atoms with Crippen LogP contribution in [0.4, 0.5) is 0 Å². The molecule has 1 aliphatic rings. The van der Waals surface area contributed by atoms with Crippen LogP contribution < -0.4 is 10.0 Å². The van der Waals surface area contributed by atoms with Crippen molar-refractivity contribution >= 4 is 32.5 Å². The van der Waals surface area contributed by atoms with Gasteiger partial charge >= 0.3 is 0 Å². The molecular formula is C16H28ClN3O4S2. The fourth-order valence-electron chi connectivity index (χ4n) is 2.83. The Morgan fingerprint density at radius 1 is 1.04 bits per heavy atom. The zero-order chi connectivity index (χ0) is 18.5. The van der Waals surface area contributed by atoms with Gasteiger partial charge in [0.15, 0.2) is 0 Å². The lowest BCUT2D eigenvalue weighted by molar-refractivity contribution is 0.346. The van der Waals surface area contributed by atoms with Crippen LogP contribution in [0, 0.1) is 6.92 Å². The van der Waals surface area contributed by atoms with Gasteiger partial charge in [0.05, 0.1) is 9.79 Å². The fraction of sp³-hybridized carbons (Fsp3) is 0.625. The summed E-state index contributed by atoms with van der Waals surface area (Å²) in [6.07, 6.45) is 3.35. The highest BCUT2D eigenvalue weighted by Crippen LogP contribution is 2.24. The molecule has 150 valence electrons. The van der Waals surface area contributed by atoms with Crippen molar-refractivity contribution < 1.29 is 16.8 Å². The van der Waals surface area contributed by atoms with Gasteiger partial charge in [-0.1, -0.05) is 12.5 Å². The van der Waals surface area contributed by atoms with Crippen LogP contribution in [0.15, 0.2) is 28.0 Å². The monoisotopic (exact) mass is 425 g/mol. The Kier molecular flexibility index (Phi) is 8.98. The molecular weight excluding hydrogens is 398 g/mol. The van der Waals surface area contributed by atoms with E-state index in [0.717, 1.165) is 19.3 Å². The van der Waals surface area contributed by atoms with Crippen LogP contribution in [-0.4, -0.2) is 54.4 Å². The summed E-state index contributed by atoms with van der Waals surface area (Å²) in [6, 6.07) is 4.32. The van der Waals surface area contributed by atoms with Crippen molar-refractivity contribution in [3.63, 3.8) is 0 Å². The van der Waals surface area contributed by atoms with Gasteiger partial charge < -0.3 is 5.32 Å². The number of nitrogens with one attached hydrogen (secondary N) is 2. The van der Waals surface area contributed by atoms with Crippen LogP contribution in [-0.2, 0) is 20.0 Å². The van der Waals surface area contributed by atoms with Gasteiger partial charge in [0.25, 0.3) is 0 Å². The number of aryl methyl sites for hydroxylation is 1. The van der Waals surface area contributed by atoms with Crippen molar-refractivity contribution in [2.75, 3.05) is 33.2 Å². The zero-order valence-electron chi connectivity index (χ0n) is 15.2. The number of nitrogens with zero attached hydrogens (tertiary/aromatic N) is 1. The van der Waals surface area contributed by atoms with Crippen molar-refractivity contribution in [2.45, 2.75) is 42.4 Å². The second kappa shape index (κ2) is 10.0. The first kappa shape index (κ1) is 23.3. The lowest BCUT2D eigenvalue weighted by Gasteiger charge is -2.26. The average molecular weight is 426 g/mol. The number of halogens is 1. The Morgan fingerprint density at radius 2 is 1.69 bits per heavy atom. The van der Waals surface area contributed by atoms with E-state index in [1.807, 2.05) is 0 Å². The van der Waals surface area contributed by atoms with Crippen molar-refractivity contribution in [3.8, 4) is 0 Å². The summed E-state index contributed by atoms with van der Waals surface area (Å²) in [6.45, 7) is 3.64. The third kappa shape index (κ3) is 5.64. The highest BCUT2D eigenvalue weighted by Gasteiger charge is 2.28. The molecule has 2 N–H and O–H groups in total. The molecule has 0 saturated carbocycles.